The van der Waals surface area contributed by atoms with Gasteiger partial charge in [-0.25, -0.2) is 17.4 Å². The second kappa shape index (κ2) is 6.15. The van der Waals surface area contributed by atoms with E-state index in [0.717, 1.165) is 11.1 Å². The van der Waals surface area contributed by atoms with Crippen molar-refractivity contribution in [2.24, 2.45) is 0 Å². The van der Waals surface area contributed by atoms with E-state index >= 15 is 0 Å². The molecular weight excluding hydrogens is 296 g/mol. The van der Waals surface area contributed by atoms with Gasteiger partial charge in [0.15, 0.2) is 0 Å². The Hall–Kier alpha value is -2.40. The van der Waals surface area contributed by atoms with E-state index in [-0.39, 0.29) is 5.75 Å². The monoisotopic (exact) mass is 312 g/mol. The fraction of sp³-hybridized carbons (Fsp3) is 0.118. The molecule has 0 aliphatic rings. The molecule has 112 valence electrons. The third kappa shape index (κ3) is 3.26. The standard InChI is InChI=1S/C17H16N2O2S/c20-22(21,12-11-15-7-3-1-4-8-15)19-13-17(18-14-19)16-9-5-2-6-10-16/h1-10,13-14H,11-12H2. The van der Waals surface area contributed by atoms with Gasteiger partial charge < -0.3 is 0 Å². The van der Waals surface area contributed by atoms with Crippen molar-refractivity contribution in [2.45, 2.75) is 6.42 Å². The fourth-order valence-electron chi connectivity index (χ4n) is 2.21. The lowest BCUT2D eigenvalue weighted by Gasteiger charge is -2.04. The third-order valence-corrected chi connectivity index (χ3v) is 5.00. The van der Waals surface area contributed by atoms with E-state index in [1.54, 1.807) is 6.20 Å². The Bertz CT molecular complexity index is 841. The zero-order valence-electron chi connectivity index (χ0n) is 12.0. The lowest BCUT2D eigenvalue weighted by molar-refractivity contribution is 0.586. The van der Waals surface area contributed by atoms with Crippen molar-refractivity contribution in [1.29, 1.82) is 0 Å². The van der Waals surface area contributed by atoms with Crippen LogP contribution in [0.1, 0.15) is 5.56 Å². The van der Waals surface area contributed by atoms with E-state index in [0.29, 0.717) is 12.1 Å². The molecule has 1 heterocycles. The number of aromatic nitrogens is 2. The van der Waals surface area contributed by atoms with Gasteiger partial charge in [0.05, 0.1) is 11.4 Å². The SMILES string of the molecule is O=S(=O)(CCc1ccccc1)n1cnc(-c2ccccc2)c1. The molecule has 3 aromatic rings. The van der Waals surface area contributed by atoms with Crippen LogP contribution in [0.25, 0.3) is 11.3 Å². The van der Waals surface area contributed by atoms with E-state index in [9.17, 15) is 8.42 Å². The van der Waals surface area contributed by atoms with Crippen LogP contribution in [0.4, 0.5) is 0 Å². The van der Waals surface area contributed by atoms with Crippen LogP contribution < -0.4 is 0 Å². The first-order valence-corrected chi connectivity index (χ1v) is 8.63. The van der Waals surface area contributed by atoms with Crippen molar-refractivity contribution in [3.05, 3.63) is 78.8 Å². The van der Waals surface area contributed by atoms with E-state index in [2.05, 4.69) is 4.98 Å². The van der Waals surface area contributed by atoms with Gasteiger partial charge in [-0.05, 0) is 12.0 Å². The Morgan fingerprint density at radius 2 is 1.55 bits per heavy atom. The van der Waals surface area contributed by atoms with Gasteiger partial charge in [-0.15, -0.1) is 0 Å². The summed E-state index contributed by atoms with van der Waals surface area (Å²) in [6.07, 6.45) is 3.42. The van der Waals surface area contributed by atoms with E-state index in [1.807, 2.05) is 60.7 Å². The summed E-state index contributed by atoms with van der Waals surface area (Å²) in [5.74, 6) is 0.0571. The minimum Gasteiger partial charge on any atom is -0.236 e. The maximum Gasteiger partial charge on any atom is 0.240 e. The van der Waals surface area contributed by atoms with Crippen molar-refractivity contribution in [3.8, 4) is 11.3 Å². The van der Waals surface area contributed by atoms with Gasteiger partial charge >= 0.3 is 0 Å². The molecule has 0 atom stereocenters. The molecule has 3 rings (SSSR count). The topological polar surface area (TPSA) is 52.0 Å². The van der Waals surface area contributed by atoms with Crippen LogP contribution in [0, 0.1) is 0 Å². The smallest absolute Gasteiger partial charge is 0.236 e. The molecule has 5 heteroatoms. The Labute approximate surface area is 130 Å². The van der Waals surface area contributed by atoms with Crippen LogP contribution in [0.3, 0.4) is 0 Å². The fourth-order valence-corrected chi connectivity index (χ4v) is 3.37. The molecule has 0 saturated heterocycles. The van der Waals surface area contributed by atoms with Gasteiger partial charge in [0.25, 0.3) is 0 Å². The number of aryl methyl sites for hydroxylation is 1. The summed E-state index contributed by atoms with van der Waals surface area (Å²) in [6.45, 7) is 0. The zero-order chi connectivity index (χ0) is 15.4. The average Bonchev–Trinajstić information content (AvgIpc) is 3.06. The van der Waals surface area contributed by atoms with Crippen molar-refractivity contribution in [3.63, 3.8) is 0 Å². The molecule has 22 heavy (non-hydrogen) atoms. The van der Waals surface area contributed by atoms with Gasteiger partial charge in [0.1, 0.15) is 6.33 Å². The molecule has 2 aromatic carbocycles. The summed E-state index contributed by atoms with van der Waals surface area (Å²) in [7, 11) is -3.39. The van der Waals surface area contributed by atoms with Gasteiger partial charge in [0, 0.05) is 11.8 Å². The minimum absolute atomic E-state index is 0.0571. The van der Waals surface area contributed by atoms with Crippen LogP contribution >= 0.6 is 0 Å². The highest BCUT2D eigenvalue weighted by molar-refractivity contribution is 7.89. The number of nitrogens with zero attached hydrogens (tertiary/aromatic N) is 2. The van der Waals surface area contributed by atoms with Crippen LogP contribution in [-0.4, -0.2) is 23.1 Å². The van der Waals surface area contributed by atoms with E-state index < -0.39 is 10.0 Å². The zero-order valence-corrected chi connectivity index (χ0v) is 12.8. The molecule has 0 unspecified atom stereocenters. The summed E-state index contributed by atoms with van der Waals surface area (Å²) in [6, 6.07) is 19.1. The maximum absolute atomic E-state index is 12.4. The molecule has 4 nitrogen and oxygen atoms in total. The molecule has 0 aliphatic carbocycles. The van der Waals surface area contributed by atoms with Crippen molar-refractivity contribution >= 4 is 10.0 Å². The second-order valence-corrected chi connectivity index (χ2v) is 7.00. The Morgan fingerprint density at radius 1 is 0.909 bits per heavy atom. The highest BCUT2D eigenvalue weighted by atomic mass is 32.2. The van der Waals surface area contributed by atoms with Gasteiger partial charge in [-0.3, -0.25) is 0 Å². The predicted octanol–water partition coefficient (Wildman–Crippen LogP) is 2.97. The van der Waals surface area contributed by atoms with E-state index in [1.165, 1.54) is 10.3 Å². The molecule has 0 radical (unpaired) electrons. The number of imidazole rings is 1. The molecule has 0 aliphatic heterocycles. The molecule has 0 amide bonds. The highest BCUT2D eigenvalue weighted by Crippen LogP contribution is 2.17. The Balaban J connectivity index is 1.77. The normalized spacial score (nSPS) is 11.5. The summed E-state index contributed by atoms with van der Waals surface area (Å²) in [4.78, 5) is 4.19. The predicted molar refractivity (Wildman–Crippen MR) is 87.0 cm³/mol. The number of hydrogen-bond acceptors (Lipinski definition) is 3. The molecule has 0 bridgehead atoms. The maximum atomic E-state index is 12.4. The van der Waals surface area contributed by atoms with Gasteiger partial charge in [-0.2, -0.15) is 0 Å². The Kier molecular flexibility index (Phi) is 4.06. The number of hydrogen-bond donors (Lipinski definition) is 0. The van der Waals surface area contributed by atoms with Crippen LogP contribution in [0.2, 0.25) is 0 Å². The largest absolute Gasteiger partial charge is 0.240 e. The van der Waals surface area contributed by atoms with Crippen LogP contribution in [0.5, 0.6) is 0 Å². The molecule has 0 N–H and O–H groups in total. The minimum atomic E-state index is -3.39. The van der Waals surface area contributed by atoms with Crippen molar-refractivity contribution in [2.75, 3.05) is 5.75 Å². The van der Waals surface area contributed by atoms with Crippen molar-refractivity contribution < 1.29 is 8.42 Å². The molecule has 0 spiro atoms. The van der Waals surface area contributed by atoms with Gasteiger partial charge in [-0.1, -0.05) is 60.7 Å². The number of rotatable bonds is 5. The quantitative estimate of drug-likeness (QED) is 0.728. The van der Waals surface area contributed by atoms with Gasteiger partial charge in [0.2, 0.25) is 10.0 Å². The molecular formula is C17H16N2O2S. The number of benzene rings is 2. The van der Waals surface area contributed by atoms with Crippen LogP contribution in [0.15, 0.2) is 73.2 Å². The first-order chi connectivity index (χ1) is 10.6. The van der Waals surface area contributed by atoms with Crippen LogP contribution in [-0.2, 0) is 16.4 Å². The highest BCUT2D eigenvalue weighted by Gasteiger charge is 2.14. The molecule has 0 fully saturated rings. The molecule has 0 saturated carbocycles. The first kappa shape index (κ1) is 14.5. The lowest BCUT2D eigenvalue weighted by Crippen LogP contribution is -2.16. The van der Waals surface area contributed by atoms with E-state index in [4.69, 9.17) is 0 Å². The summed E-state index contributed by atoms with van der Waals surface area (Å²) < 4.78 is 26.0. The summed E-state index contributed by atoms with van der Waals surface area (Å²) >= 11 is 0. The average molecular weight is 312 g/mol. The van der Waals surface area contributed by atoms with Crippen molar-refractivity contribution in [1.82, 2.24) is 8.96 Å². The lowest BCUT2D eigenvalue weighted by atomic mass is 10.2. The second-order valence-electron chi connectivity index (χ2n) is 5.01. The first-order valence-electron chi connectivity index (χ1n) is 7.02. The third-order valence-electron chi connectivity index (χ3n) is 3.44. The summed E-state index contributed by atoms with van der Waals surface area (Å²) in [5.41, 5.74) is 2.57. The Morgan fingerprint density at radius 3 is 2.23 bits per heavy atom. The summed E-state index contributed by atoms with van der Waals surface area (Å²) in [5, 5.41) is 0. The molecule has 1 aromatic heterocycles.